The number of anilines is 1. The van der Waals surface area contributed by atoms with Gasteiger partial charge in [-0.15, -0.1) is 0 Å². The molecule has 0 saturated carbocycles. The summed E-state index contributed by atoms with van der Waals surface area (Å²) in [6.45, 7) is 0.0670. The van der Waals surface area contributed by atoms with Crippen LogP contribution in [0.2, 0.25) is 0 Å². The van der Waals surface area contributed by atoms with Crippen molar-refractivity contribution < 1.29 is 18.7 Å². The molecule has 4 nitrogen and oxygen atoms in total. The Kier molecular flexibility index (Phi) is 4.44. The van der Waals surface area contributed by atoms with Crippen LogP contribution < -0.4 is 5.32 Å². The molecule has 0 saturated heterocycles. The summed E-state index contributed by atoms with van der Waals surface area (Å²) in [5.41, 5.74) is 0.689. The van der Waals surface area contributed by atoms with E-state index >= 15 is 0 Å². The third-order valence-electron chi connectivity index (χ3n) is 2.61. The predicted octanol–water partition coefficient (Wildman–Crippen LogP) is 3.39. The molecule has 0 bridgehead atoms. The first-order valence-corrected chi connectivity index (χ1v) is 5.92. The topological polar surface area (TPSA) is 55.4 Å². The molecule has 0 radical (unpaired) electrons. The van der Waals surface area contributed by atoms with Crippen LogP contribution in [0, 0.1) is 5.82 Å². The monoisotopic (exact) mass is 273 g/mol. The zero-order chi connectivity index (χ0) is 14.4. The van der Waals surface area contributed by atoms with Crippen molar-refractivity contribution in [3.8, 4) is 0 Å². The summed E-state index contributed by atoms with van der Waals surface area (Å²) in [7, 11) is 0. The number of para-hydroxylation sites is 1. The highest BCUT2D eigenvalue weighted by Crippen LogP contribution is 2.18. The minimum atomic E-state index is -0.818. The average molecular weight is 273 g/mol. The zero-order valence-electron chi connectivity index (χ0n) is 10.5. The van der Waals surface area contributed by atoms with Crippen LogP contribution in [0.25, 0.3) is 0 Å². The molecule has 0 unspecified atom stereocenters. The van der Waals surface area contributed by atoms with E-state index in [-0.39, 0.29) is 17.9 Å². The molecule has 2 rings (SSSR count). The lowest BCUT2D eigenvalue weighted by atomic mass is 10.2. The Hall–Kier alpha value is -2.69. The van der Waals surface area contributed by atoms with E-state index in [4.69, 9.17) is 4.74 Å². The smallest absolute Gasteiger partial charge is 0.412 e. The maximum atomic E-state index is 13.5. The van der Waals surface area contributed by atoms with Crippen LogP contribution in [0.5, 0.6) is 0 Å². The Morgan fingerprint density at radius 3 is 2.60 bits per heavy atom. The van der Waals surface area contributed by atoms with E-state index in [2.05, 4.69) is 5.32 Å². The molecule has 2 aromatic rings. The Morgan fingerprint density at radius 1 is 1.15 bits per heavy atom. The maximum Gasteiger partial charge on any atom is 0.412 e. The third-order valence-corrected chi connectivity index (χ3v) is 2.61. The summed E-state index contributed by atoms with van der Waals surface area (Å²) in [4.78, 5) is 22.4. The molecular formula is C15H12FNO3. The zero-order valence-corrected chi connectivity index (χ0v) is 10.5. The number of benzene rings is 2. The number of halogens is 1. The average Bonchev–Trinajstić information content (AvgIpc) is 2.48. The van der Waals surface area contributed by atoms with E-state index in [1.165, 1.54) is 12.1 Å². The second-order valence-electron chi connectivity index (χ2n) is 4.01. The van der Waals surface area contributed by atoms with Crippen molar-refractivity contribution >= 4 is 18.1 Å². The molecule has 1 N–H and O–H groups in total. The number of nitrogens with one attached hydrogen (secondary N) is 1. The number of carbonyl (C=O) groups is 2. The minimum absolute atomic E-state index is 0.0571. The number of rotatable bonds is 4. The Labute approximate surface area is 115 Å². The van der Waals surface area contributed by atoms with Gasteiger partial charge in [-0.3, -0.25) is 10.1 Å². The van der Waals surface area contributed by atoms with E-state index < -0.39 is 11.9 Å². The Bertz CT molecular complexity index is 614. The molecule has 5 heteroatoms. The fourth-order valence-electron chi connectivity index (χ4n) is 1.63. The minimum Gasteiger partial charge on any atom is -0.444 e. The van der Waals surface area contributed by atoms with Gasteiger partial charge in [-0.2, -0.15) is 0 Å². The van der Waals surface area contributed by atoms with Gasteiger partial charge in [0.1, 0.15) is 12.4 Å². The van der Waals surface area contributed by atoms with Crippen molar-refractivity contribution in [1.29, 1.82) is 0 Å². The van der Waals surface area contributed by atoms with Crippen molar-refractivity contribution in [2.45, 2.75) is 6.61 Å². The van der Waals surface area contributed by atoms with Gasteiger partial charge in [0, 0.05) is 5.56 Å². The molecule has 0 aliphatic rings. The molecule has 0 atom stereocenters. The van der Waals surface area contributed by atoms with Gasteiger partial charge < -0.3 is 4.74 Å². The Balaban J connectivity index is 2.00. The highest BCUT2D eigenvalue weighted by molar-refractivity contribution is 5.93. The first kappa shape index (κ1) is 13.7. The van der Waals surface area contributed by atoms with E-state index in [1.54, 1.807) is 12.1 Å². The van der Waals surface area contributed by atoms with Crippen molar-refractivity contribution in [3.05, 3.63) is 65.5 Å². The second kappa shape index (κ2) is 6.47. The summed E-state index contributed by atoms with van der Waals surface area (Å²) in [6.07, 6.45) is -0.349. The molecule has 102 valence electrons. The standard InChI is InChI=1S/C15H12FNO3/c16-13-8-4-7-12(9-18)14(13)17-15(19)20-10-11-5-2-1-3-6-11/h1-9H,10H2,(H,17,19). The van der Waals surface area contributed by atoms with Gasteiger partial charge in [-0.1, -0.05) is 36.4 Å². The molecule has 2 aromatic carbocycles. The predicted molar refractivity (Wildman–Crippen MR) is 72.0 cm³/mol. The van der Waals surface area contributed by atoms with Gasteiger partial charge in [0.15, 0.2) is 6.29 Å². The fraction of sp³-hybridized carbons (Fsp3) is 0.0667. The first-order valence-electron chi connectivity index (χ1n) is 5.92. The summed E-state index contributed by atoms with van der Waals surface area (Å²) in [6, 6.07) is 13.0. The van der Waals surface area contributed by atoms with Gasteiger partial charge in [-0.05, 0) is 17.7 Å². The van der Waals surface area contributed by atoms with Crippen LogP contribution in [0.4, 0.5) is 14.9 Å². The van der Waals surface area contributed by atoms with E-state index in [0.29, 0.717) is 6.29 Å². The molecule has 0 aliphatic carbocycles. The van der Waals surface area contributed by atoms with E-state index in [9.17, 15) is 14.0 Å². The molecule has 0 spiro atoms. The number of hydrogen-bond donors (Lipinski definition) is 1. The lowest BCUT2D eigenvalue weighted by Crippen LogP contribution is -2.15. The van der Waals surface area contributed by atoms with Gasteiger partial charge in [0.2, 0.25) is 0 Å². The molecule has 20 heavy (non-hydrogen) atoms. The second-order valence-corrected chi connectivity index (χ2v) is 4.01. The maximum absolute atomic E-state index is 13.5. The third kappa shape index (κ3) is 3.41. The number of hydrogen-bond acceptors (Lipinski definition) is 3. The van der Waals surface area contributed by atoms with Crippen molar-refractivity contribution in [2.75, 3.05) is 5.32 Å². The number of aldehydes is 1. The van der Waals surface area contributed by atoms with Crippen LogP contribution in [0.3, 0.4) is 0 Å². The SMILES string of the molecule is O=Cc1cccc(F)c1NC(=O)OCc1ccccc1. The molecular weight excluding hydrogens is 261 g/mol. The molecule has 0 fully saturated rings. The van der Waals surface area contributed by atoms with Crippen LogP contribution >= 0.6 is 0 Å². The summed E-state index contributed by atoms with van der Waals surface area (Å²) in [5.74, 6) is -0.689. The summed E-state index contributed by atoms with van der Waals surface area (Å²) in [5, 5.41) is 2.23. The van der Waals surface area contributed by atoms with Gasteiger partial charge in [-0.25, -0.2) is 9.18 Å². The summed E-state index contributed by atoms with van der Waals surface area (Å²) >= 11 is 0. The number of ether oxygens (including phenoxy) is 1. The molecule has 1 amide bonds. The van der Waals surface area contributed by atoms with Crippen LogP contribution in [-0.2, 0) is 11.3 Å². The highest BCUT2D eigenvalue weighted by Gasteiger charge is 2.12. The fourth-order valence-corrected chi connectivity index (χ4v) is 1.63. The van der Waals surface area contributed by atoms with Crippen molar-refractivity contribution in [2.24, 2.45) is 0 Å². The van der Waals surface area contributed by atoms with Crippen LogP contribution in [0.1, 0.15) is 15.9 Å². The van der Waals surface area contributed by atoms with Crippen LogP contribution in [0.15, 0.2) is 48.5 Å². The van der Waals surface area contributed by atoms with Crippen molar-refractivity contribution in [3.63, 3.8) is 0 Å². The number of carbonyl (C=O) groups excluding carboxylic acids is 2. The number of amides is 1. The highest BCUT2D eigenvalue weighted by atomic mass is 19.1. The largest absolute Gasteiger partial charge is 0.444 e. The van der Waals surface area contributed by atoms with E-state index in [0.717, 1.165) is 11.6 Å². The molecule has 0 aliphatic heterocycles. The Morgan fingerprint density at radius 2 is 1.90 bits per heavy atom. The van der Waals surface area contributed by atoms with E-state index in [1.807, 2.05) is 18.2 Å². The van der Waals surface area contributed by atoms with Gasteiger partial charge in [0.25, 0.3) is 0 Å². The quantitative estimate of drug-likeness (QED) is 0.869. The lowest BCUT2D eigenvalue weighted by molar-refractivity contribution is 0.112. The molecule has 0 heterocycles. The van der Waals surface area contributed by atoms with Crippen molar-refractivity contribution in [1.82, 2.24) is 0 Å². The summed E-state index contributed by atoms with van der Waals surface area (Å²) < 4.78 is 18.5. The normalized spacial score (nSPS) is 9.85. The van der Waals surface area contributed by atoms with Crippen LogP contribution in [-0.4, -0.2) is 12.4 Å². The van der Waals surface area contributed by atoms with Gasteiger partial charge >= 0.3 is 6.09 Å². The van der Waals surface area contributed by atoms with Gasteiger partial charge in [0.05, 0.1) is 5.69 Å². The first-order chi connectivity index (χ1) is 9.70. The molecule has 0 aromatic heterocycles. The lowest BCUT2D eigenvalue weighted by Gasteiger charge is -2.09.